The second kappa shape index (κ2) is 10.9. The molecule has 0 radical (unpaired) electrons. The van der Waals surface area contributed by atoms with Crippen molar-refractivity contribution in [2.75, 3.05) is 32.9 Å². The summed E-state index contributed by atoms with van der Waals surface area (Å²) in [5.74, 6) is 0.713. The fourth-order valence-electron chi connectivity index (χ4n) is 3.11. The molecule has 0 amide bonds. The van der Waals surface area contributed by atoms with Gasteiger partial charge in [-0.05, 0) is 49.1 Å². The van der Waals surface area contributed by atoms with E-state index < -0.39 is 15.6 Å². The molecule has 1 fully saturated rings. The van der Waals surface area contributed by atoms with E-state index in [9.17, 15) is 8.42 Å². The third-order valence-electron chi connectivity index (χ3n) is 4.30. The number of nitrogens with zero attached hydrogens (tertiary/aromatic N) is 2. The monoisotopic (exact) mass is 529 g/mol. The summed E-state index contributed by atoms with van der Waals surface area (Å²) in [5.41, 5.74) is 0.800. The van der Waals surface area contributed by atoms with Crippen LogP contribution in [0.3, 0.4) is 0 Å². The number of hydrogen-bond donors (Lipinski definition) is 3. The molecular formula is C17H32IN5O2S2. The number of aliphatic imine (C=N–C) groups is 1. The molecule has 7 nitrogen and oxygen atoms in total. The average Bonchev–Trinajstić information content (AvgIpc) is 3.04. The van der Waals surface area contributed by atoms with Gasteiger partial charge in [-0.25, -0.2) is 13.1 Å². The Morgan fingerprint density at radius 3 is 2.56 bits per heavy atom. The lowest BCUT2D eigenvalue weighted by Crippen LogP contribution is -2.55. The smallest absolute Gasteiger partial charge is 0.209 e. The Morgan fingerprint density at radius 2 is 2.04 bits per heavy atom. The molecule has 3 N–H and O–H groups in total. The van der Waals surface area contributed by atoms with Gasteiger partial charge in [0.25, 0.3) is 0 Å². The van der Waals surface area contributed by atoms with Crippen molar-refractivity contribution in [2.24, 2.45) is 4.99 Å². The van der Waals surface area contributed by atoms with Gasteiger partial charge in [0.2, 0.25) is 10.0 Å². The minimum atomic E-state index is -3.25. The van der Waals surface area contributed by atoms with Gasteiger partial charge in [-0.2, -0.15) is 11.3 Å². The molecule has 0 spiro atoms. The Kier molecular flexibility index (Phi) is 9.97. The van der Waals surface area contributed by atoms with E-state index in [2.05, 4.69) is 42.1 Å². The molecule has 0 saturated carbocycles. The molecule has 1 aromatic heterocycles. The van der Waals surface area contributed by atoms with E-state index in [4.69, 9.17) is 0 Å². The number of halogens is 1. The van der Waals surface area contributed by atoms with Crippen LogP contribution in [0.15, 0.2) is 21.8 Å². The van der Waals surface area contributed by atoms with E-state index in [0.717, 1.165) is 32.5 Å². The Bertz CT molecular complexity index is 684. The summed E-state index contributed by atoms with van der Waals surface area (Å²) in [7, 11) is -1.51. The predicted octanol–water partition coefficient (Wildman–Crippen LogP) is 1.82. The number of likely N-dealkylation sites (tertiary alicyclic amines) is 1. The summed E-state index contributed by atoms with van der Waals surface area (Å²) in [6.45, 7) is 7.29. The van der Waals surface area contributed by atoms with Gasteiger partial charge in [0.15, 0.2) is 5.96 Å². The van der Waals surface area contributed by atoms with Gasteiger partial charge < -0.3 is 10.6 Å². The van der Waals surface area contributed by atoms with Gasteiger partial charge in [-0.15, -0.1) is 24.0 Å². The highest BCUT2D eigenvalue weighted by Gasteiger charge is 2.24. The van der Waals surface area contributed by atoms with E-state index in [1.165, 1.54) is 11.8 Å². The van der Waals surface area contributed by atoms with Crippen molar-refractivity contribution in [1.82, 2.24) is 20.3 Å². The van der Waals surface area contributed by atoms with Gasteiger partial charge >= 0.3 is 0 Å². The van der Waals surface area contributed by atoms with E-state index in [1.807, 2.05) is 13.8 Å². The summed E-state index contributed by atoms with van der Waals surface area (Å²) in [5, 5.41) is 11.0. The number of rotatable bonds is 7. The molecule has 0 aliphatic carbocycles. The van der Waals surface area contributed by atoms with Crippen LogP contribution in [0.25, 0.3) is 0 Å². The molecule has 0 atom stereocenters. The number of guanidine groups is 1. The second-order valence-corrected chi connectivity index (χ2v) is 10.0. The summed E-state index contributed by atoms with van der Waals surface area (Å²) in [6.07, 6.45) is 3.30. The largest absolute Gasteiger partial charge is 0.355 e. The van der Waals surface area contributed by atoms with Crippen LogP contribution >= 0.6 is 35.3 Å². The molecule has 0 bridgehead atoms. The second-order valence-electron chi connectivity index (χ2n) is 7.51. The Hall–Kier alpha value is -0.430. The Morgan fingerprint density at radius 1 is 1.37 bits per heavy atom. The van der Waals surface area contributed by atoms with E-state index in [1.54, 1.807) is 18.4 Å². The molecule has 1 aromatic rings. The quantitative estimate of drug-likeness (QED) is 0.285. The van der Waals surface area contributed by atoms with Gasteiger partial charge in [-0.1, -0.05) is 0 Å². The molecule has 10 heteroatoms. The zero-order chi connectivity index (χ0) is 19.2. The minimum absolute atomic E-state index is 0. The van der Waals surface area contributed by atoms with Gasteiger partial charge in [0.05, 0.1) is 6.26 Å². The lowest BCUT2D eigenvalue weighted by atomic mass is 10.0. The van der Waals surface area contributed by atoms with E-state index >= 15 is 0 Å². The van der Waals surface area contributed by atoms with E-state index in [0.29, 0.717) is 18.5 Å². The van der Waals surface area contributed by atoms with Crippen molar-refractivity contribution in [1.29, 1.82) is 0 Å². The first kappa shape index (κ1) is 24.6. The van der Waals surface area contributed by atoms with Crippen molar-refractivity contribution < 1.29 is 8.42 Å². The first-order chi connectivity index (χ1) is 12.2. The van der Waals surface area contributed by atoms with Crippen molar-refractivity contribution in [3.05, 3.63) is 22.4 Å². The van der Waals surface area contributed by atoms with Crippen LogP contribution in [0.2, 0.25) is 0 Å². The molecular weight excluding hydrogens is 497 g/mol. The van der Waals surface area contributed by atoms with Crippen LogP contribution in [0.4, 0.5) is 0 Å². The van der Waals surface area contributed by atoms with Gasteiger partial charge in [0.1, 0.15) is 0 Å². The van der Waals surface area contributed by atoms with Crippen LogP contribution < -0.4 is 15.4 Å². The van der Waals surface area contributed by atoms with Crippen LogP contribution in [0.5, 0.6) is 0 Å². The molecule has 1 aliphatic rings. The summed E-state index contributed by atoms with van der Waals surface area (Å²) >= 11 is 1.74. The standard InChI is InChI=1S/C17H31N5O2S2.HI/c1-17(2,21-26(4,23)24)13-19-16(18-3)20-15-5-8-22(9-6-15)11-14-7-10-25-12-14;/h7,10,12,15,21H,5-6,8-9,11,13H2,1-4H3,(H2,18,19,20);1H. The zero-order valence-corrected chi connectivity index (χ0v) is 20.5. The fourth-order valence-corrected chi connectivity index (χ4v) is 4.84. The van der Waals surface area contributed by atoms with Crippen LogP contribution in [0.1, 0.15) is 32.3 Å². The third-order valence-corrected chi connectivity index (χ3v) is 5.95. The number of piperidine rings is 1. The van der Waals surface area contributed by atoms with Gasteiger partial charge in [-0.3, -0.25) is 9.89 Å². The summed E-state index contributed by atoms with van der Waals surface area (Å²) < 4.78 is 25.5. The normalized spacial score (nSPS) is 17.4. The number of nitrogens with one attached hydrogen (secondary N) is 3. The van der Waals surface area contributed by atoms with E-state index in [-0.39, 0.29) is 24.0 Å². The highest BCUT2D eigenvalue weighted by Crippen LogP contribution is 2.15. The number of hydrogen-bond acceptors (Lipinski definition) is 5. The van der Waals surface area contributed by atoms with Crippen molar-refractivity contribution >= 4 is 51.3 Å². The maximum absolute atomic E-state index is 11.4. The van der Waals surface area contributed by atoms with Crippen LogP contribution in [-0.2, 0) is 16.6 Å². The van der Waals surface area contributed by atoms with Crippen LogP contribution in [0, 0.1) is 0 Å². The van der Waals surface area contributed by atoms with Crippen molar-refractivity contribution in [2.45, 2.75) is 44.8 Å². The minimum Gasteiger partial charge on any atom is -0.355 e. The third kappa shape index (κ3) is 9.55. The summed E-state index contributed by atoms with van der Waals surface area (Å²) in [4.78, 5) is 6.75. The topological polar surface area (TPSA) is 85.8 Å². The van der Waals surface area contributed by atoms with Gasteiger partial charge in [0, 0.05) is 44.8 Å². The highest BCUT2D eigenvalue weighted by molar-refractivity contribution is 14.0. The molecule has 0 aromatic carbocycles. The molecule has 156 valence electrons. The molecule has 1 aliphatic heterocycles. The SMILES string of the molecule is CN=C(NCC(C)(C)NS(C)(=O)=O)NC1CCN(Cc2ccsc2)CC1.I. The Labute approximate surface area is 184 Å². The molecule has 0 unspecified atom stereocenters. The lowest BCUT2D eigenvalue weighted by molar-refractivity contribution is 0.198. The fraction of sp³-hybridized carbons (Fsp3) is 0.706. The lowest BCUT2D eigenvalue weighted by Gasteiger charge is -2.33. The summed E-state index contributed by atoms with van der Waals surface area (Å²) in [6, 6.07) is 2.57. The highest BCUT2D eigenvalue weighted by atomic mass is 127. The molecule has 2 heterocycles. The van der Waals surface area contributed by atoms with Crippen molar-refractivity contribution in [3.8, 4) is 0 Å². The van der Waals surface area contributed by atoms with Crippen molar-refractivity contribution in [3.63, 3.8) is 0 Å². The predicted molar refractivity (Wildman–Crippen MR) is 125 cm³/mol. The number of thiophene rings is 1. The first-order valence-electron chi connectivity index (χ1n) is 8.86. The molecule has 27 heavy (non-hydrogen) atoms. The Balaban J connectivity index is 0.00000364. The average molecular weight is 530 g/mol. The molecule has 1 saturated heterocycles. The van der Waals surface area contributed by atoms with Crippen LogP contribution in [-0.4, -0.2) is 63.8 Å². The number of sulfonamides is 1. The first-order valence-corrected chi connectivity index (χ1v) is 11.7. The maximum Gasteiger partial charge on any atom is 0.209 e. The zero-order valence-electron chi connectivity index (χ0n) is 16.5. The maximum atomic E-state index is 11.4. The molecule has 2 rings (SSSR count).